The monoisotopic (exact) mass is 339 g/mol. The van der Waals surface area contributed by atoms with Gasteiger partial charge in [0.05, 0.1) is 0 Å². The Hall–Kier alpha value is -1.27. The van der Waals surface area contributed by atoms with Gasteiger partial charge in [0, 0.05) is 19.5 Å². The number of aliphatic carboxylic acids is 1. The molecule has 1 N–H and O–H groups in total. The van der Waals surface area contributed by atoms with Crippen molar-refractivity contribution >= 4 is 11.9 Å². The van der Waals surface area contributed by atoms with Crippen LogP contribution in [0.2, 0.25) is 0 Å². The van der Waals surface area contributed by atoms with Crippen molar-refractivity contribution in [1.29, 1.82) is 0 Å². The average molecular weight is 339 g/mol. The Kier molecular flexibility index (Phi) is 11.5. The van der Waals surface area contributed by atoms with Crippen molar-refractivity contribution in [2.45, 2.75) is 77.3 Å². The Balaban J connectivity index is 4.06. The highest BCUT2D eigenvalue weighted by molar-refractivity contribution is 5.81. The number of rotatable bonds is 13. The fourth-order valence-electron chi connectivity index (χ4n) is 2.35. The Bertz CT molecular complexity index is 346. The zero-order valence-corrected chi connectivity index (χ0v) is 13.8. The normalized spacial score (nSPS) is 11.5. The van der Waals surface area contributed by atoms with Gasteiger partial charge in [-0.15, -0.1) is 0 Å². The van der Waals surface area contributed by atoms with Crippen LogP contribution in [0.25, 0.3) is 0 Å². The highest BCUT2D eigenvalue weighted by Gasteiger charge is 2.42. The van der Waals surface area contributed by atoms with E-state index in [1.807, 2.05) is 0 Å². The Morgan fingerprint density at radius 1 is 0.870 bits per heavy atom. The van der Waals surface area contributed by atoms with E-state index >= 15 is 0 Å². The number of unbranched alkanes of at least 4 members (excludes halogenated alkanes) is 7. The zero-order valence-electron chi connectivity index (χ0n) is 13.8. The van der Waals surface area contributed by atoms with E-state index in [1.54, 1.807) is 0 Å². The van der Waals surface area contributed by atoms with Crippen molar-refractivity contribution in [3.8, 4) is 0 Å². The number of carboxylic acid groups (broad SMARTS) is 1. The van der Waals surface area contributed by atoms with E-state index < -0.39 is 18.1 Å². The third-order valence-electron chi connectivity index (χ3n) is 3.63. The third kappa shape index (κ3) is 11.9. The lowest BCUT2D eigenvalue weighted by Gasteiger charge is -2.23. The van der Waals surface area contributed by atoms with E-state index in [0.29, 0.717) is 6.42 Å². The molecule has 0 atom stereocenters. The van der Waals surface area contributed by atoms with Crippen molar-refractivity contribution in [3.63, 3.8) is 0 Å². The van der Waals surface area contributed by atoms with Crippen molar-refractivity contribution < 1.29 is 27.9 Å². The van der Waals surface area contributed by atoms with E-state index in [-0.39, 0.29) is 25.9 Å². The minimum atomic E-state index is -4.90. The molecule has 7 heteroatoms. The van der Waals surface area contributed by atoms with Gasteiger partial charge in [-0.05, 0) is 12.8 Å². The number of nitrogens with zero attached hydrogens (tertiary/aromatic N) is 1. The van der Waals surface area contributed by atoms with Gasteiger partial charge >= 0.3 is 18.1 Å². The zero-order chi connectivity index (χ0) is 17.7. The van der Waals surface area contributed by atoms with E-state index in [4.69, 9.17) is 5.11 Å². The molecule has 0 saturated carbocycles. The number of amides is 1. The summed E-state index contributed by atoms with van der Waals surface area (Å²) in [5, 5.41) is 8.53. The lowest BCUT2D eigenvalue weighted by atomic mass is 10.1. The SMILES string of the molecule is CCCCCCCCCCN(CCCC(=O)O)C(=O)C(F)(F)F. The summed E-state index contributed by atoms with van der Waals surface area (Å²) in [6, 6.07) is 0. The standard InChI is InChI=1S/C16H28F3NO3/c1-2-3-4-5-6-7-8-9-12-20(13-10-11-14(21)22)15(23)16(17,18)19/h2-13H2,1H3,(H,21,22). The fraction of sp³-hybridized carbons (Fsp3) is 0.875. The molecule has 0 aromatic rings. The maximum atomic E-state index is 12.5. The predicted molar refractivity (Wildman–Crippen MR) is 82.1 cm³/mol. The van der Waals surface area contributed by atoms with Crippen LogP contribution in [0.5, 0.6) is 0 Å². The smallest absolute Gasteiger partial charge is 0.471 e. The molecule has 0 radical (unpaired) electrons. The summed E-state index contributed by atoms with van der Waals surface area (Å²) in [7, 11) is 0. The largest absolute Gasteiger partial charge is 0.481 e. The van der Waals surface area contributed by atoms with Crippen LogP contribution in [0.4, 0.5) is 13.2 Å². The molecule has 0 aromatic carbocycles. The number of halogens is 3. The second kappa shape index (κ2) is 12.2. The minimum absolute atomic E-state index is 0.0346. The molecule has 0 spiro atoms. The number of carbonyl (C=O) groups is 2. The van der Waals surface area contributed by atoms with Gasteiger partial charge in [0.2, 0.25) is 0 Å². The molecule has 1 amide bonds. The Morgan fingerprint density at radius 3 is 1.83 bits per heavy atom. The van der Waals surface area contributed by atoms with Crippen LogP contribution in [-0.4, -0.2) is 41.1 Å². The van der Waals surface area contributed by atoms with Gasteiger partial charge in [0.25, 0.3) is 0 Å². The van der Waals surface area contributed by atoms with Crippen LogP contribution >= 0.6 is 0 Å². The molecule has 0 aliphatic rings. The number of hydrogen-bond acceptors (Lipinski definition) is 2. The van der Waals surface area contributed by atoms with E-state index in [9.17, 15) is 22.8 Å². The molecule has 136 valence electrons. The summed E-state index contributed by atoms with van der Waals surface area (Å²) >= 11 is 0. The summed E-state index contributed by atoms with van der Waals surface area (Å²) in [6.07, 6.45) is 2.91. The first-order valence-electron chi connectivity index (χ1n) is 8.37. The first-order chi connectivity index (χ1) is 10.8. The van der Waals surface area contributed by atoms with Crippen LogP contribution in [0.15, 0.2) is 0 Å². The summed E-state index contributed by atoms with van der Waals surface area (Å²) in [5.74, 6) is -2.94. The molecule has 0 aliphatic carbocycles. The summed E-state index contributed by atoms with van der Waals surface area (Å²) in [5.41, 5.74) is 0. The molecule has 0 unspecified atom stereocenters. The van der Waals surface area contributed by atoms with Crippen LogP contribution in [0.3, 0.4) is 0 Å². The van der Waals surface area contributed by atoms with Crippen molar-refractivity contribution in [2.75, 3.05) is 13.1 Å². The number of carboxylic acids is 1. The van der Waals surface area contributed by atoms with Crippen LogP contribution in [-0.2, 0) is 9.59 Å². The van der Waals surface area contributed by atoms with Crippen LogP contribution < -0.4 is 0 Å². The van der Waals surface area contributed by atoms with E-state index in [0.717, 1.165) is 30.6 Å². The maximum absolute atomic E-state index is 12.5. The number of alkyl halides is 3. The second-order valence-electron chi connectivity index (χ2n) is 5.76. The van der Waals surface area contributed by atoms with Crippen molar-refractivity contribution in [1.82, 2.24) is 4.90 Å². The molecular weight excluding hydrogens is 311 g/mol. The summed E-state index contributed by atoms with van der Waals surface area (Å²) in [6.45, 7) is 2.00. The maximum Gasteiger partial charge on any atom is 0.471 e. The van der Waals surface area contributed by atoms with E-state index in [1.165, 1.54) is 19.3 Å². The molecule has 0 aliphatic heterocycles. The molecule has 0 heterocycles. The van der Waals surface area contributed by atoms with Crippen LogP contribution in [0.1, 0.15) is 71.1 Å². The predicted octanol–water partition coefficient (Wildman–Crippen LogP) is 4.38. The molecule has 0 bridgehead atoms. The van der Waals surface area contributed by atoms with Crippen molar-refractivity contribution in [3.05, 3.63) is 0 Å². The van der Waals surface area contributed by atoms with Gasteiger partial charge in [0.1, 0.15) is 0 Å². The Morgan fingerprint density at radius 2 is 1.35 bits per heavy atom. The van der Waals surface area contributed by atoms with Gasteiger partial charge in [-0.25, -0.2) is 0 Å². The molecule has 23 heavy (non-hydrogen) atoms. The van der Waals surface area contributed by atoms with Gasteiger partial charge in [0.15, 0.2) is 0 Å². The molecule has 0 saturated heterocycles. The first kappa shape index (κ1) is 21.7. The Labute approximate surface area is 136 Å². The molecular formula is C16H28F3NO3. The topological polar surface area (TPSA) is 57.6 Å². The van der Waals surface area contributed by atoms with Gasteiger partial charge < -0.3 is 10.0 Å². The highest BCUT2D eigenvalue weighted by atomic mass is 19.4. The molecule has 0 aromatic heterocycles. The van der Waals surface area contributed by atoms with Crippen LogP contribution in [0, 0.1) is 0 Å². The quantitative estimate of drug-likeness (QED) is 0.507. The molecule has 0 fully saturated rings. The highest BCUT2D eigenvalue weighted by Crippen LogP contribution is 2.19. The lowest BCUT2D eigenvalue weighted by Crippen LogP contribution is -2.42. The summed E-state index contributed by atoms with van der Waals surface area (Å²) < 4.78 is 37.6. The summed E-state index contributed by atoms with van der Waals surface area (Å²) in [4.78, 5) is 22.5. The molecule has 4 nitrogen and oxygen atoms in total. The average Bonchev–Trinajstić information content (AvgIpc) is 2.46. The van der Waals surface area contributed by atoms with Crippen molar-refractivity contribution in [2.24, 2.45) is 0 Å². The molecule has 0 rings (SSSR count). The first-order valence-corrected chi connectivity index (χ1v) is 8.37. The fourth-order valence-corrected chi connectivity index (χ4v) is 2.35. The minimum Gasteiger partial charge on any atom is -0.481 e. The lowest BCUT2D eigenvalue weighted by molar-refractivity contribution is -0.185. The van der Waals surface area contributed by atoms with Gasteiger partial charge in [-0.3, -0.25) is 9.59 Å². The third-order valence-corrected chi connectivity index (χ3v) is 3.63. The number of hydrogen-bond donors (Lipinski definition) is 1. The second-order valence-corrected chi connectivity index (χ2v) is 5.76. The van der Waals surface area contributed by atoms with E-state index in [2.05, 4.69) is 6.92 Å². The van der Waals surface area contributed by atoms with Gasteiger partial charge in [-0.2, -0.15) is 13.2 Å². The van der Waals surface area contributed by atoms with Gasteiger partial charge in [-0.1, -0.05) is 51.9 Å². The number of carbonyl (C=O) groups excluding carboxylic acids is 1.